The average Bonchev–Trinajstić information content (AvgIpc) is 3.12. The molecule has 0 aliphatic heterocycles. The Morgan fingerprint density at radius 2 is 1.89 bits per heavy atom. The first-order valence-corrected chi connectivity index (χ1v) is 9.35. The van der Waals surface area contributed by atoms with Gasteiger partial charge in [-0.05, 0) is 31.2 Å². The summed E-state index contributed by atoms with van der Waals surface area (Å²) < 4.78 is 7.70. The van der Waals surface area contributed by atoms with E-state index in [4.69, 9.17) is 4.74 Å². The molecule has 0 aliphatic rings. The number of halogens is 1. The lowest BCUT2D eigenvalue weighted by atomic mass is 10.3. The van der Waals surface area contributed by atoms with Crippen molar-refractivity contribution in [2.24, 2.45) is 4.99 Å². The predicted molar refractivity (Wildman–Crippen MR) is 123 cm³/mol. The molecule has 0 atom stereocenters. The number of ether oxygens (including phenoxy) is 1. The van der Waals surface area contributed by atoms with E-state index in [1.54, 1.807) is 0 Å². The number of nitrogens with zero attached hydrogens (tertiary/aromatic N) is 4. The van der Waals surface area contributed by atoms with Gasteiger partial charge in [-0.2, -0.15) is 0 Å². The Bertz CT molecular complexity index is 852. The number of aliphatic imine (C=N–C) groups is 1. The Kier molecular flexibility index (Phi) is 9.53. The van der Waals surface area contributed by atoms with Crippen LogP contribution in [0.2, 0.25) is 0 Å². The van der Waals surface area contributed by atoms with Gasteiger partial charge < -0.3 is 15.4 Å². The highest BCUT2D eigenvalue weighted by atomic mass is 127. The summed E-state index contributed by atoms with van der Waals surface area (Å²) in [5.74, 6) is 2.64. The number of para-hydroxylation sites is 1. The predicted octanol–water partition coefficient (Wildman–Crippen LogP) is 2.91. The minimum atomic E-state index is 0. The molecule has 2 heterocycles. The zero-order valence-corrected chi connectivity index (χ0v) is 18.4. The van der Waals surface area contributed by atoms with Gasteiger partial charge in [-0.3, -0.25) is 9.39 Å². The van der Waals surface area contributed by atoms with Gasteiger partial charge in [0.15, 0.2) is 11.6 Å². The van der Waals surface area contributed by atoms with Crippen LogP contribution in [0.25, 0.3) is 5.65 Å². The molecule has 0 aliphatic carbocycles. The van der Waals surface area contributed by atoms with E-state index in [1.165, 1.54) is 0 Å². The number of benzene rings is 1. The van der Waals surface area contributed by atoms with Gasteiger partial charge >= 0.3 is 0 Å². The molecule has 3 aromatic rings. The monoisotopic (exact) mass is 494 g/mol. The van der Waals surface area contributed by atoms with Crippen molar-refractivity contribution in [2.45, 2.75) is 19.8 Å². The lowest BCUT2D eigenvalue weighted by molar-refractivity contribution is 0.313. The standard InChI is InChI=1S/C20H26N6O.HI/c1-2-21-20(22-13-8-16-27-17-9-4-3-5-10-17)23-14-12-19-25-24-18-11-6-7-15-26(18)19;/h3-7,9-11,15H,2,8,12-14,16H2,1H3,(H2,21,22,23);1H. The molecule has 150 valence electrons. The van der Waals surface area contributed by atoms with E-state index in [0.717, 1.165) is 49.1 Å². The average molecular weight is 494 g/mol. The number of aromatic nitrogens is 3. The van der Waals surface area contributed by atoms with Crippen molar-refractivity contribution in [2.75, 3.05) is 26.2 Å². The molecule has 0 saturated heterocycles. The Labute approximate surface area is 182 Å². The second kappa shape index (κ2) is 12.2. The van der Waals surface area contributed by atoms with Crippen molar-refractivity contribution in [3.05, 3.63) is 60.6 Å². The van der Waals surface area contributed by atoms with E-state index in [-0.39, 0.29) is 24.0 Å². The Hall–Kier alpha value is -2.36. The van der Waals surface area contributed by atoms with Crippen LogP contribution in [-0.2, 0) is 6.42 Å². The fourth-order valence-corrected chi connectivity index (χ4v) is 2.66. The molecule has 0 saturated carbocycles. The van der Waals surface area contributed by atoms with Gasteiger partial charge in [-0.1, -0.05) is 24.3 Å². The number of hydrogen-bond donors (Lipinski definition) is 2. The minimum Gasteiger partial charge on any atom is -0.494 e. The molecule has 2 N–H and O–H groups in total. The van der Waals surface area contributed by atoms with Crippen molar-refractivity contribution in [3.63, 3.8) is 0 Å². The number of pyridine rings is 1. The van der Waals surface area contributed by atoms with Gasteiger partial charge in [0.2, 0.25) is 0 Å². The fraction of sp³-hybridized carbons (Fsp3) is 0.350. The minimum absolute atomic E-state index is 0. The summed E-state index contributed by atoms with van der Waals surface area (Å²) in [5.41, 5.74) is 0.867. The van der Waals surface area contributed by atoms with Gasteiger partial charge in [0.05, 0.1) is 6.61 Å². The molecule has 0 spiro atoms. The quantitative estimate of drug-likeness (QED) is 0.207. The molecule has 3 rings (SSSR count). The Morgan fingerprint density at radius 3 is 2.71 bits per heavy atom. The first-order chi connectivity index (χ1) is 13.4. The molecule has 8 heteroatoms. The van der Waals surface area contributed by atoms with Gasteiger partial charge in [0.25, 0.3) is 0 Å². The third kappa shape index (κ3) is 6.66. The highest BCUT2D eigenvalue weighted by Crippen LogP contribution is 2.08. The van der Waals surface area contributed by atoms with Crippen LogP contribution < -0.4 is 15.4 Å². The summed E-state index contributed by atoms with van der Waals surface area (Å²) in [4.78, 5) is 4.60. The SMILES string of the molecule is CCNC(=NCCCOc1ccccc1)NCCc1nnc2ccccn12.I. The maximum Gasteiger partial charge on any atom is 0.191 e. The van der Waals surface area contributed by atoms with E-state index in [9.17, 15) is 0 Å². The van der Waals surface area contributed by atoms with Crippen LogP contribution in [0.4, 0.5) is 0 Å². The highest BCUT2D eigenvalue weighted by Gasteiger charge is 2.04. The lowest BCUT2D eigenvalue weighted by Gasteiger charge is -2.11. The number of rotatable bonds is 9. The third-order valence-electron chi connectivity index (χ3n) is 3.95. The molecular formula is C20H27IN6O. The largest absolute Gasteiger partial charge is 0.494 e. The molecule has 2 aromatic heterocycles. The normalized spacial score (nSPS) is 11.1. The third-order valence-corrected chi connectivity index (χ3v) is 3.95. The fourth-order valence-electron chi connectivity index (χ4n) is 2.66. The van der Waals surface area contributed by atoms with Gasteiger partial charge in [-0.25, -0.2) is 0 Å². The zero-order valence-electron chi connectivity index (χ0n) is 16.0. The van der Waals surface area contributed by atoms with E-state index in [1.807, 2.05) is 59.1 Å². The summed E-state index contributed by atoms with van der Waals surface area (Å²) >= 11 is 0. The van der Waals surface area contributed by atoms with Gasteiger partial charge in [-0.15, -0.1) is 34.2 Å². The van der Waals surface area contributed by atoms with E-state index in [2.05, 4.69) is 32.7 Å². The summed E-state index contributed by atoms with van der Waals surface area (Å²) in [6, 6.07) is 15.7. The van der Waals surface area contributed by atoms with Crippen LogP contribution in [0, 0.1) is 0 Å². The molecule has 28 heavy (non-hydrogen) atoms. The summed E-state index contributed by atoms with van der Waals surface area (Å²) in [6.07, 6.45) is 3.61. The molecule has 0 radical (unpaired) electrons. The van der Waals surface area contributed by atoms with E-state index < -0.39 is 0 Å². The summed E-state index contributed by atoms with van der Waals surface area (Å²) in [5, 5.41) is 15.0. The topological polar surface area (TPSA) is 75.8 Å². The van der Waals surface area contributed by atoms with Crippen molar-refractivity contribution in [1.29, 1.82) is 0 Å². The van der Waals surface area contributed by atoms with Crippen LogP contribution in [0.15, 0.2) is 59.7 Å². The molecular weight excluding hydrogens is 467 g/mol. The highest BCUT2D eigenvalue weighted by molar-refractivity contribution is 14.0. The molecule has 0 bridgehead atoms. The molecule has 0 amide bonds. The van der Waals surface area contributed by atoms with E-state index in [0.29, 0.717) is 13.2 Å². The number of hydrogen-bond acceptors (Lipinski definition) is 4. The Balaban J connectivity index is 0.00000280. The number of guanidine groups is 1. The first-order valence-electron chi connectivity index (χ1n) is 9.35. The van der Waals surface area contributed by atoms with Crippen LogP contribution in [0.1, 0.15) is 19.2 Å². The van der Waals surface area contributed by atoms with Crippen molar-refractivity contribution in [1.82, 2.24) is 25.2 Å². The molecule has 7 nitrogen and oxygen atoms in total. The van der Waals surface area contributed by atoms with E-state index >= 15 is 0 Å². The molecule has 0 unspecified atom stereocenters. The van der Waals surface area contributed by atoms with Crippen molar-refractivity contribution in [3.8, 4) is 5.75 Å². The smallest absolute Gasteiger partial charge is 0.191 e. The Morgan fingerprint density at radius 1 is 1.07 bits per heavy atom. The summed E-state index contributed by atoms with van der Waals surface area (Å²) in [6.45, 7) is 4.97. The lowest BCUT2D eigenvalue weighted by Crippen LogP contribution is -2.38. The van der Waals surface area contributed by atoms with Gasteiger partial charge in [0, 0.05) is 38.7 Å². The first kappa shape index (κ1) is 21.9. The van der Waals surface area contributed by atoms with Crippen LogP contribution in [0.3, 0.4) is 0 Å². The maximum absolute atomic E-state index is 5.69. The zero-order chi connectivity index (χ0) is 18.7. The maximum atomic E-state index is 5.69. The second-order valence-electron chi connectivity index (χ2n) is 6.00. The number of nitrogens with one attached hydrogen (secondary N) is 2. The van der Waals surface area contributed by atoms with Crippen LogP contribution in [0.5, 0.6) is 5.75 Å². The van der Waals surface area contributed by atoms with Crippen LogP contribution in [-0.4, -0.2) is 46.8 Å². The van der Waals surface area contributed by atoms with Gasteiger partial charge in [0.1, 0.15) is 11.6 Å². The van der Waals surface area contributed by atoms with Crippen molar-refractivity contribution >= 4 is 35.6 Å². The van der Waals surface area contributed by atoms with Crippen molar-refractivity contribution < 1.29 is 4.74 Å². The molecule has 0 fully saturated rings. The second-order valence-corrected chi connectivity index (χ2v) is 6.00. The van der Waals surface area contributed by atoms with Crippen LogP contribution >= 0.6 is 24.0 Å². The summed E-state index contributed by atoms with van der Waals surface area (Å²) in [7, 11) is 0. The molecule has 1 aromatic carbocycles. The number of fused-ring (bicyclic) bond motifs is 1.